The Morgan fingerprint density at radius 3 is 2.70 bits per heavy atom. The molecule has 0 unspecified atom stereocenters. The molecule has 0 aliphatic carbocycles. The van der Waals surface area contributed by atoms with Crippen molar-refractivity contribution in [3.63, 3.8) is 0 Å². The van der Waals surface area contributed by atoms with E-state index in [-0.39, 0.29) is 29.9 Å². The number of amides is 1. The van der Waals surface area contributed by atoms with Crippen LogP contribution in [0.25, 0.3) is 0 Å². The number of hydrogen-bond donors (Lipinski definition) is 2. The Kier molecular flexibility index (Phi) is 7.13. The number of nitrogens with one attached hydrogen (secondary N) is 1. The largest absolute Gasteiger partial charge is 0.482 e. The van der Waals surface area contributed by atoms with E-state index in [1.54, 1.807) is 6.07 Å². The highest BCUT2D eigenvalue weighted by Crippen LogP contribution is 2.32. The molecule has 0 radical (unpaired) electrons. The van der Waals surface area contributed by atoms with Crippen LogP contribution in [0.5, 0.6) is 5.75 Å². The lowest BCUT2D eigenvalue weighted by molar-refractivity contribution is -0.123. The summed E-state index contributed by atoms with van der Waals surface area (Å²) in [4.78, 5) is 11.6. The number of carbonyl (C=O) groups excluding carboxylic acids is 1. The van der Waals surface area contributed by atoms with E-state index in [2.05, 4.69) is 19.2 Å². The molecule has 0 heterocycles. The van der Waals surface area contributed by atoms with Gasteiger partial charge in [0.2, 0.25) is 0 Å². The number of halogens is 2. The first kappa shape index (κ1) is 17.1. The molecule has 0 aromatic heterocycles. The van der Waals surface area contributed by atoms with E-state index in [0.717, 1.165) is 6.42 Å². The molecule has 2 N–H and O–H groups in total. The number of ether oxygens (including phenoxy) is 1. The summed E-state index contributed by atoms with van der Waals surface area (Å²) in [5, 5.41) is 12.7. The third-order valence-corrected chi connectivity index (χ3v) is 3.15. The Bertz CT molecular complexity index is 464. The van der Waals surface area contributed by atoms with Crippen LogP contribution >= 0.6 is 23.2 Å². The molecule has 1 aromatic rings. The van der Waals surface area contributed by atoms with Crippen molar-refractivity contribution in [2.75, 3.05) is 13.2 Å². The van der Waals surface area contributed by atoms with Gasteiger partial charge in [0.05, 0.1) is 11.6 Å². The van der Waals surface area contributed by atoms with E-state index in [4.69, 9.17) is 27.9 Å². The van der Waals surface area contributed by atoms with Gasteiger partial charge in [-0.3, -0.25) is 4.79 Å². The predicted octanol–water partition coefficient (Wildman–Crippen LogP) is 3.03. The molecule has 20 heavy (non-hydrogen) atoms. The van der Waals surface area contributed by atoms with Gasteiger partial charge in [-0.25, -0.2) is 0 Å². The van der Waals surface area contributed by atoms with E-state index in [0.29, 0.717) is 23.0 Å². The lowest BCUT2D eigenvalue weighted by Gasteiger charge is -2.13. The highest BCUT2D eigenvalue weighted by molar-refractivity contribution is 6.35. The summed E-state index contributed by atoms with van der Waals surface area (Å²) < 4.78 is 5.37. The van der Waals surface area contributed by atoms with Crippen molar-refractivity contribution in [2.24, 2.45) is 5.92 Å². The SMILES string of the molecule is CC(C)CCNC(=O)COc1c(Cl)cc(Cl)cc1CO. The molecule has 0 saturated carbocycles. The Morgan fingerprint density at radius 2 is 2.10 bits per heavy atom. The van der Waals surface area contributed by atoms with E-state index in [1.807, 2.05) is 0 Å². The molecular formula is C14H19Cl2NO3. The molecule has 0 spiro atoms. The molecule has 1 aromatic carbocycles. The van der Waals surface area contributed by atoms with Gasteiger partial charge < -0.3 is 15.2 Å². The highest BCUT2D eigenvalue weighted by Gasteiger charge is 2.12. The average molecular weight is 320 g/mol. The van der Waals surface area contributed by atoms with E-state index in [1.165, 1.54) is 6.07 Å². The van der Waals surface area contributed by atoms with Crippen molar-refractivity contribution < 1.29 is 14.6 Å². The highest BCUT2D eigenvalue weighted by atomic mass is 35.5. The number of aliphatic hydroxyl groups is 1. The van der Waals surface area contributed by atoms with Gasteiger partial charge in [-0.15, -0.1) is 0 Å². The van der Waals surface area contributed by atoms with E-state index in [9.17, 15) is 9.90 Å². The summed E-state index contributed by atoms with van der Waals surface area (Å²) >= 11 is 11.8. The minimum absolute atomic E-state index is 0.146. The van der Waals surface area contributed by atoms with Crippen molar-refractivity contribution in [3.8, 4) is 5.75 Å². The summed E-state index contributed by atoms with van der Waals surface area (Å²) in [6.45, 7) is 4.38. The van der Waals surface area contributed by atoms with Gasteiger partial charge >= 0.3 is 0 Å². The van der Waals surface area contributed by atoms with Crippen LogP contribution in [-0.2, 0) is 11.4 Å². The third kappa shape index (κ3) is 5.57. The summed E-state index contributed by atoms with van der Waals surface area (Å²) in [6, 6.07) is 3.06. The van der Waals surface area contributed by atoms with Crippen LogP contribution in [0, 0.1) is 5.92 Å². The van der Waals surface area contributed by atoms with E-state index >= 15 is 0 Å². The molecule has 4 nitrogen and oxygen atoms in total. The zero-order valence-electron chi connectivity index (χ0n) is 11.6. The van der Waals surface area contributed by atoms with Crippen LogP contribution in [0.4, 0.5) is 0 Å². The fraction of sp³-hybridized carbons (Fsp3) is 0.500. The summed E-state index contributed by atoms with van der Waals surface area (Å²) in [5.74, 6) is 0.598. The van der Waals surface area contributed by atoms with Gasteiger partial charge in [0.1, 0.15) is 5.75 Å². The molecule has 0 atom stereocenters. The Balaban J connectivity index is 2.55. The zero-order valence-corrected chi connectivity index (χ0v) is 13.1. The predicted molar refractivity (Wildman–Crippen MR) is 80.3 cm³/mol. The molecule has 0 saturated heterocycles. The van der Waals surface area contributed by atoms with Crippen molar-refractivity contribution in [1.82, 2.24) is 5.32 Å². The Labute approximate surface area is 129 Å². The maximum Gasteiger partial charge on any atom is 0.257 e. The second-order valence-corrected chi connectivity index (χ2v) is 5.70. The van der Waals surface area contributed by atoms with E-state index < -0.39 is 0 Å². The maximum atomic E-state index is 11.6. The monoisotopic (exact) mass is 319 g/mol. The second kappa shape index (κ2) is 8.35. The van der Waals surface area contributed by atoms with Crippen molar-refractivity contribution in [1.29, 1.82) is 0 Å². The minimum Gasteiger partial charge on any atom is -0.482 e. The average Bonchev–Trinajstić information content (AvgIpc) is 2.36. The molecule has 0 aliphatic heterocycles. The molecule has 1 rings (SSSR count). The minimum atomic E-state index is -0.259. The Morgan fingerprint density at radius 1 is 1.40 bits per heavy atom. The fourth-order valence-electron chi connectivity index (χ4n) is 1.58. The van der Waals surface area contributed by atoms with Crippen molar-refractivity contribution >= 4 is 29.1 Å². The van der Waals surface area contributed by atoms with Crippen LogP contribution in [0.15, 0.2) is 12.1 Å². The smallest absolute Gasteiger partial charge is 0.257 e. The number of rotatable bonds is 7. The second-order valence-electron chi connectivity index (χ2n) is 4.86. The van der Waals surface area contributed by atoms with Gasteiger partial charge in [0.15, 0.2) is 6.61 Å². The number of carbonyl (C=O) groups is 1. The summed E-state index contributed by atoms with van der Waals surface area (Å²) in [5.41, 5.74) is 0.456. The standard InChI is InChI=1S/C14H19Cl2NO3/c1-9(2)3-4-17-13(19)8-20-14-10(7-18)5-11(15)6-12(14)16/h5-6,9,18H,3-4,7-8H2,1-2H3,(H,17,19). The lowest BCUT2D eigenvalue weighted by atomic mass is 10.1. The van der Waals surface area contributed by atoms with Crippen LogP contribution in [0.2, 0.25) is 10.0 Å². The zero-order chi connectivity index (χ0) is 15.1. The molecule has 112 valence electrons. The molecular weight excluding hydrogens is 301 g/mol. The topological polar surface area (TPSA) is 58.6 Å². The first-order chi connectivity index (χ1) is 9.43. The quantitative estimate of drug-likeness (QED) is 0.812. The molecule has 6 heteroatoms. The normalized spacial score (nSPS) is 10.7. The van der Waals surface area contributed by atoms with Gasteiger partial charge in [-0.2, -0.15) is 0 Å². The van der Waals surface area contributed by atoms with Gasteiger partial charge in [0, 0.05) is 17.1 Å². The lowest BCUT2D eigenvalue weighted by Crippen LogP contribution is -2.30. The van der Waals surface area contributed by atoms with Gasteiger partial charge in [-0.1, -0.05) is 37.0 Å². The Hall–Kier alpha value is -0.970. The number of aliphatic hydroxyl groups excluding tert-OH is 1. The van der Waals surface area contributed by atoms with Crippen LogP contribution in [0.1, 0.15) is 25.8 Å². The maximum absolute atomic E-state index is 11.6. The fourth-order valence-corrected chi connectivity index (χ4v) is 2.17. The summed E-state index contributed by atoms with van der Waals surface area (Å²) in [6.07, 6.45) is 0.912. The number of benzene rings is 1. The molecule has 1 amide bonds. The molecule has 0 aliphatic rings. The molecule has 0 fully saturated rings. The molecule has 0 bridgehead atoms. The first-order valence-electron chi connectivity index (χ1n) is 6.42. The van der Waals surface area contributed by atoms with Crippen LogP contribution in [0.3, 0.4) is 0 Å². The van der Waals surface area contributed by atoms with Gasteiger partial charge in [0.25, 0.3) is 5.91 Å². The van der Waals surface area contributed by atoms with Crippen LogP contribution < -0.4 is 10.1 Å². The van der Waals surface area contributed by atoms with Gasteiger partial charge in [-0.05, 0) is 24.5 Å². The summed E-state index contributed by atoms with van der Waals surface area (Å²) in [7, 11) is 0. The van der Waals surface area contributed by atoms with Crippen LogP contribution in [-0.4, -0.2) is 24.2 Å². The third-order valence-electron chi connectivity index (χ3n) is 2.65. The number of hydrogen-bond acceptors (Lipinski definition) is 3. The van der Waals surface area contributed by atoms with Crippen molar-refractivity contribution in [2.45, 2.75) is 26.9 Å². The van der Waals surface area contributed by atoms with Crippen molar-refractivity contribution in [3.05, 3.63) is 27.7 Å². The first-order valence-corrected chi connectivity index (χ1v) is 7.18.